The van der Waals surface area contributed by atoms with E-state index >= 15 is 0 Å². The van der Waals surface area contributed by atoms with E-state index in [9.17, 15) is 5.11 Å². The Morgan fingerprint density at radius 1 is 1.27 bits per heavy atom. The molecule has 66 valence electrons. The Bertz CT molecular complexity index is 128. The number of hydrogen-bond donors (Lipinski definition) is 2. The highest BCUT2D eigenvalue weighted by molar-refractivity contribution is 4.88. The van der Waals surface area contributed by atoms with E-state index in [0.29, 0.717) is 5.92 Å². The molecule has 0 aromatic heterocycles. The summed E-state index contributed by atoms with van der Waals surface area (Å²) < 4.78 is 0. The molecule has 1 aliphatic rings. The number of aliphatic hydroxyl groups is 1. The van der Waals surface area contributed by atoms with E-state index in [1.165, 1.54) is 12.8 Å². The van der Waals surface area contributed by atoms with Gasteiger partial charge in [0.1, 0.15) is 0 Å². The second kappa shape index (κ2) is 3.11. The summed E-state index contributed by atoms with van der Waals surface area (Å²) in [6, 6.07) is 0.212. The van der Waals surface area contributed by atoms with Crippen LogP contribution in [-0.4, -0.2) is 16.7 Å². The molecule has 0 heterocycles. The Balaban J connectivity index is 2.55. The average Bonchev–Trinajstić information content (AvgIpc) is 1.86. The first-order valence-electron chi connectivity index (χ1n) is 4.50. The molecule has 0 aromatic carbocycles. The second-order valence-corrected chi connectivity index (χ2v) is 4.21. The molecular formula is C9H19NO. The minimum Gasteiger partial charge on any atom is -0.390 e. The topological polar surface area (TPSA) is 46.2 Å². The van der Waals surface area contributed by atoms with Gasteiger partial charge in [0.25, 0.3) is 0 Å². The van der Waals surface area contributed by atoms with Crippen molar-refractivity contribution in [2.24, 2.45) is 11.7 Å². The van der Waals surface area contributed by atoms with Crippen LogP contribution in [0.1, 0.15) is 39.5 Å². The minimum atomic E-state index is -0.583. The molecule has 1 rings (SSSR count). The molecule has 1 fully saturated rings. The Kier molecular flexibility index (Phi) is 2.55. The zero-order valence-electron chi connectivity index (χ0n) is 7.51. The van der Waals surface area contributed by atoms with Crippen LogP contribution in [0, 0.1) is 5.92 Å². The number of hydrogen-bond acceptors (Lipinski definition) is 2. The summed E-state index contributed by atoms with van der Waals surface area (Å²) >= 11 is 0. The predicted octanol–water partition coefficient (Wildman–Crippen LogP) is 1.27. The fourth-order valence-electron chi connectivity index (χ4n) is 2.04. The summed E-state index contributed by atoms with van der Waals surface area (Å²) in [5, 5.41) is 9.73. The molecule has 0 amide bonds. The minimum absolute atomic E-state index is 0.212. The van der Waals surface area contributed by atoms with Crippen LogP contribution >= 0.6 is 0 Å². The van der Waals surface area contributed by atoms with Gasteiger partial charge in [0.2, 0.25) is 0 Å². The van der Waals surface area contributed by atoms with Gasteiger partial charge in [-0.2, -0.15) is 0 Å². The number of rotatable bonds is 1. The van der Waals surface area contributed by atoms with Crippen LogP contribution in [0.2, 0.25) is 0 Å². The largest absolute Gasteiger partial charge is 0.390 e. The molecule has 3 N–H and O–H groups in total. The standard InChI is InChI=1S/C9H19NO/c1-9(2,11)7-5-3-4-6-8(7)10/h7-8,11H,3-6,10H2,1-2H3. The molecular weight excluding hydrogens is 138 g/mol. The van der Waals surface area contributed by atoms with Crippen molar-refractivity contribution in [3.63, 3.8) is 0 Å². The molecule has 0 bridgehead atoms. The van der Waals surface area contributed by atoms with Gasteiger partial charge in [0, 0.05) is 12.0 Å². The average molecular weight is 157 g/mol. The summed E-state index contributed by atoms with van der Waals surface area (Å²) in [7, 11) is 0. The van der Waals surface area contributed by atoms with Crippen molar-refractivity contribution < 1.29 is 5.11 Å². The van der Waals surface area contributed by atoms with Crippen LogP contribution in [0.3, 0.4) is 0 Å². The van der Waals surface area contributed by atoms with Gasteiger partial charge in [-0.3, -0.25) is 0 Å². The lowest BCUT2D eigenvalue weighted by molar-refractivity contribution is -0.00817. The molecule has 0 spiro atoms. The van der Waals surface area contributed by atoms with E-state index < -0.39 is 5.60 Å². The van der Waals surface area contributed by atoms with Crippen LogP contribution in [0.5, 0.6) is 0 Å². The fourth-order valence-corrected chi connectivity index (χ4v) is 2.04. The van der Waals surface area contributed by atoms with Gasteiger partial charge in [-0.1, -0.05) is 12.8 Å². The maximum atomic E-state index is 9.73. The molecule has 2 atom stereocenters. The molecule has 1 saturated carbocycles. The molecule has 1 aliphatic carbocycles. The predicted molar refractivity (Wildman–Crippen MR) is 46.2 cm³/mol. The zero-order chi connectivity index (χ0) is 8.48. The monoisotopic (exact) mass is 157 g/mol. The van der Waals surface area contributed by atoms with Gasteiger partial charge in [0.15, 0.2) is 0 Å². The van der Waals surface area contributed by atoms with Crippen molar-refractivity contribution in [3.8, 4) is 0 Å². The molecule has 11 heavy (non-hydrogen) atoms. The molecule has 2 nitrogen and oxygen atoms in total. The maximum absolute atomic E-state index is 9.73. The summed E-state index contributed by atoms with van der Waals surface area (Å²) in [6.07, 6.45) is 4.62. The highest BCUT2D eigenvalue weighted by Crippen LogP contribution is 2.31. The van der Waals surface area contributed by atoms with Crippen molar-refractivity contribution >= 4 is 0 Å². The van der Waals surface area contributed by atoms with E-state index in [0.717, 1.165) is 12.8 Å². The smallest absolute Gasteiger partial charge is 0.0634 e. The third-order valence-corrected chi connectivity index (χ3v) is 2.73. The van der Waals surface area contributed by atoms with E-state index in [2.05, 4.69) is 0 Å². The molecule has 0 aromatic rings. The quantitative estimate of drug-likeness (QED) is 0.602. The third kappa shape index (κ3) is 2.17. The van der Waals surface area contributed by atoms with E-state index in [4.69, 9.17) is 5.73 Å². The summed E-state index contributed by atoms with van der Waals surface area (Å²) in [5.41, 5.74) is 5.32. The Hall–Kier alpha value is -0.0800. The van der Waals surface area contributed by atoms with Gasteiger partial charge in [-0.05, 0) is 26.7 Å². The first-order valence-corrected chi connectivity index (χ1v) is 4.50. The maximum Gasteiger partial charge on any atom is 0.0634 e. The Labute approximate surface area is 68.8 Å². The van der Waals surface area contributed by atoms with Crippen LogP contribution in [0.15, 0.2) is 0 Å². The SMILES string of the molecule is CC(C)(O)C1CCCCC1N. The summed E-state index contributed by atoms with van der Waals surface area (Å²) in [5.74, 6) is 0.302. The lowest BCUT2D eigenvalue weighted by atomic mass is 9.76. The van der Waals surface area contributed by atoms with Crippen molar-refractivity contribution in [1.82, 2.24) is 0 Å². The van der Waals surface area contributed by atoms with Gasteiger partial charge in [0.05, 0.1) is 5.60 Å². The molecule has 2 unspecified atom stereocenters. The van der Waals surface area contributed by atoms with E-state index in [1.54, 1.807) is 0 Å². The third-order valence-electron chi connectivity index (χ3n) is 2.73. The molecule has 2 heteroatoms. The summed E-state index contributed by atoms with van der Waals surface area (Å²) in [4.78, 5) is 0. The summed E-state index contributed by atoms with van der Waals surface area (Å²) in [6.45, 7) is 3.73. The second-order valence-electron chi connectivity index (χ2n) is 4.21. The normalized spacial score (nSPS) is 33.8. The zero-order valence-corrected chi connectivity index (χ0v) is 7.51. The van der Waals surface area contributed by atoms with Gasteiger partial charge >= 0.3 is 0 Å². The van der Waals surface area contributed by atoms with E-state index in [1.807, 2.05) is 13.8 Å². The van der Waals surface area contributed by atoms with Crippen LogP contribution < -0.4 is 5.73 Å². The van der Waals surface area contributed by atoms with Gasteiger partial charge in [-0.15, -0.1) is 0 Å². The van der Waals surface area contributed by atoms with Crippen molar-refractivity contribution in [3.05, 3.63) is 0 Å². The first-order chi connectivity index (χ1) is 5.02. The highest BCUT2D eigenvalue weighted by Gasteiger charge is 2.33. The van der Waals surface area contributed by atoms with Crippen LogP contribution in [0.25, 0.3) is 0 Å². The number of nitrogens with two attached hydrogens (primary N) is 1. The van der Waals surface area contributed by atoms with Crippen molar-refractivity contribution in [1.29, 1.82) is 0 Å². The lowest BCUT2D eigenvalue weighted by Gasteiger charge is -2.37. The molecule has 0 radical (unpaired) electrons. The molecule has 0 saturated heterocycles. The first kappa shape index (κ1) is 9.01. The van der Waals surface area contributed by atoms with Crippen LogP contribution in [0.4, 0.5) is 0 Å². The van der Waals surface area contributed by atoms with Crippen molar-refractivity contribution in [2.75, 3.05) is 0 Å². The van der Waals surface area contributed by atoms with Crippen LogP contribution in [-0.2, 0) is 0 Å². The van der Waals surface area contributed by atoms with E-state index in [-0.39, 0.29) is 6.04 Å². The Morgan fingerprint density at radius 2 is 1.82 bits per heavy atom. The fraction of sp³-hybridized carbons (Fsp3) is 1.00. The van der Waals surface area contributed by atoms with Gasteiger partial charge in [-0.25, -0.2) is 0 Å². The Morgan fingerprint density at radius 3 is 2.18 bits per heavy atom. The lowest BCUT2D eigenvalue weighted by Crippen LogP contribution is -2.45. The van der Waals surface area contributed by atoms with Gasteiger partial charge < -0.3 is 10.8 Å². The highest BCUT2D eigenvalue weighted by atomic mass is 16.3. The molecule has 0 aliphatic heterocycles. The van der Waals surface area contributed by atoms with Crippen molar-refractivity contribution in [2.45, 2.75) is 51.2 Å².